The molecule has 0 N–H and O–H groups in total. The molecule has 1 aliphatic heterocycles. The zero-order valence-corrected chi connectivity index (χ0v) is 17.5. The van der Waals surface area contributed by atoms with E-state index in [1.165, 1.54) is 24.3 Å². The van der Waals surface area contributed by atoms with Crippen molar-refractivity contribution in [2.75, 3.05) is 32.7 Å². The van der Waals surface area contributed by atoms with Gasteiger partial charge in [-0.2, -0.15) is 0 Å². The van der Waals surface area contributed by atoms with Crippen LogP contribution in [0, 0.1) is 15.9 Å². The summed E-state index contributed by atoms with van der Waals surface area (Å²) in [5.74, 6) is -0.119. The number of hydrogen-bond acceptors (Lipinski definition) is 5. The minimum Gasteiger partial charge on any atom is -0.298 e. The Hall–Kier alpha value is -2.06. The Morgan fingerprint density at radius 1 is 0.897 bits per heavy atom. The zero-order chi connectivity index (χ0) is 19.2. The quantitative estimate of drug-likeness (QED) is 0.483. The Bertz CT molecular complexity index is 796. The molecule has 0 radical (unpaired) electrons. The van der Waals surface area contributed by atoms with E-state index in [1.54, 1.807) is 24.3 Å². The number of piperazine rings is 1. The van der Waals surface area contributed by atoms with Crippen molar-refractivity contribution in [3.8, 4) is 0 Å². The molecule has 2 aromatic carbocycles. The van der Waals surface area contributed by atoms with Gasteiger partial charge < -0.3 is 0 Å². The number of nitro groups is 1. The van der Waals surface area contributed by atoms with E-state index in [1.807, 2.05) is 0 Å². The lowest BCUT2D eigenvalue weighted by Gasteiger charge is -2.34. The second kappa shape index (κ2) is 11.8. The predicted octanol–water partition coefficient (Wildman–Crippen LogP) is 3.51. The molecule has 0 amide bonds. The maximum absolute atomic E-state index is 13.0. The van der Waals surface area contributed by atoms with E-state index < -0.39 is 4.92 Å². The Balaban J connectivity index is 0.00000210. The van der Waals surface area contributed by atoms with E-state index in [0.717, 1.165) is 43.9 Å². The predicted molar refractivity (Wildman–Crippen MR) is 114 cm³/mol. The van der Waals surface area contributed by atoms with Crippen molar-refractivity contribution < 1.29 is 14.1 Å². The van der Waals surface area contributed by atoms with E-state index in [2.05, 4.69) is 9.80 Å². The van der Waals surface area contributed by atoms with Crippen LogP contribution >= 0.6 is 24.8 Å². The molecule has 29 heavy (non-hydrogen) atoms. The minimum atomic E-state index is -0.447. The van der Waals surface area contributed by atoms with Gasteiger partial charge in [0.15, 0.2) is 5.78 Å². The molecule has 0 aromatic heterocycles. The maximum atomic E-state index is 13.0. The molecule has 0 atom stereocenters. The summed E-state index contributed by atoms with van der Waals surface area (Å²) in [4.78, 5) is 26.9. The number of benzene rings is 2. The van der Waals surface area contributed by atoms with Crippen molar-refractivity contribution in [3.63, 3.8) is 0 Å². The molecule has 3 rings (SSSR count). The standard InChI is InChI=1S/C20H22FN3O3.2ClH/c21-18-5-1-17(2-6-18)14-22-9-11-23(12-10-22)15-20(25)13-16-3-7-19(8-4-16)24(26)27;;/h1-8H,9-15H2;2*1H. The normalized spacial score (nSPS) is 14.5. The van der Waals surface area contributed by atoms with Gasteiger partial charge in [0.25, 0.3) is 5.69 Å². The average Bonchev–Trinajstić information content (AvgIpc) is 2.65. The number of carbonyl (C=O) groups is 1. The van der Waals surface area contributed by atoms with Crippen molar-refractivity contribution in [1.82, 2.24) is 9.80 Å². The summed E-state index contributed by atoms with van der Waals surface area (Å²) in [6, 6.07) is 12.7. The highest BCUT2D eigenvalue weighted by Gasteiger charge is 2.19. The Labute approximate surface area is 181 Å². The molecule has 158 valence electrons. The number of rotatable bonds is 7. The van der Waals surface area contributed by atoms with Crippen LogP contribution in [0.5, 0.6) is 0 Å². The topological polar surface area (TPSA) is 66.7 Å². The Morgan fingerprint density at radius 2 is 1.41 bits per heavy atom. The van der Waals surface area contributed by atoms with Crippen LogP contribution in [-0.2, 0) is 17.8 Å². The lowest BCUT2D eigenvalue weighted by Crippen LogP contribution is -2.47. The smallest absolute Gasteiger partial charge is 0.269 e. The molecule has 1 saturated heterocycles. The van der Waals surface area contributed by atoms with E-state index >= 15 is 0 Å². The van der Waals surface area contributed by atoms with Gasteiger partial charge in [0, 0.05) is 51.3 Å². The van der Waals surface area contributed by atoms with Crippen LogP contribution in [0.4, 0.5) is 10.1 Å². The van der Waals surface area contributed by atoms with Crippen LogP contribution in [0.25, 0.3) is 0 Å². The third-order valence-corrected chi connectivity index (χ3v) is 4.73. The fraction of sp³-hybridized carbons (Fsp3) is 0.350. The molecule has 1 fully saturated rings. The first-order valence-corrected chi connectivity index (χ1v) is 8.94. The molecule has 6 nitrogen and oxygen atoms in total. The highest BCUT2D eigenvalue weighted by atomic mass is 35.5. The van der Waals surface area contributed by atoms with Crippen molar-refractivity contribution in [2.45, 2.75) is 13.0 Å². The number of nitrogens with zero attached hydrogens (tertiary/aromatic N) is 3. The molecule has 0 spiro atoms. The minimum absolute atomic E-state index is 0. The number of ketones is 1. The highest BCUT2D eigenvalue weighted by Crippen LogP contribution is 2.13. The van der Waals surface area contributed by atoms with Crippen LogP contribution < -0.4 is 0 Å². The number of halogens is 3. The third-order valence-electron chi connectivity index (χ3n) is 4.73. The van der Waals surface area contributed by atoms with E-state index in [9.17, 15) is 19.3 Å². The van der Waals surface area contributed by atoms with E-state index in [4.69, 9.17) is 0 Å². The molecule has 0 saturated carbocycles. The maximum Gasteiger partial charge on any atom is 0.269 e. The first-order chi connectivity index (χ1) is 13.0. The summed E-state index contributed by atoms with van der Waals surface area (Å²) in [6.45, 7) is 4.52. The molecule has 9 heteroatoms. The Kier molecular flexibility index (Phi) is 10.2. The summed E-state index contributed by atoms with van der Waals surface area (Å²) in [6.07, 6.45) is 0.286. The van der Waals surface area contributed by atoms with Gasteiger partial charge >= 0.3 is 0 Å². The molecule has 1 aliphatic rings. The molecule has 0 unspecified atom stereocenters. The fourth-order valence-electron chi connectivity index (χ4n) is 3.22. The number of nitro benzene ring substituents is 1. The van der Waals surface area contributed by atoms with Crippen LogP contribution in [0.3, 0.4) is 0 Å². The van der Waals surface area contributed by atoms with Gasteiger partial charge in [-0.25, -0.2) is 4.39 Å². The van der Waals surface area contributed by atoms with Crippen LogP contribution in [-0.4, -0.2) is 53.2 Å². The van der Waals surface area contributed by atoms with E-state index in [0.29, 0.717) is 6.54 Å². The summed E-state index contributed by atoms with van der Waals surface area (Å²) < 4.78 is 13.0. The summed E-state index contributed by atoms with van der Waals surface area (Å²) in [5, 5.41) is 10.7. The second-order valence-electron chi connectivity index (χ2n) is 6.82. The highest BCUT2D eigenvalue weighted by molar-refractivity contribution is 5.85. The van der Waals surface area contributed by atoms with Crippen molar-refractivity contribution in [3.05, 3.63) is 75.6 Å². The number of Topliss-reactive ketones (excluding diaryl/α,β-unsaturated/α-hetero) is 1. The fourth-order valence-corrected chi connectivity index (χ4v) is 3.22. The molecular weight excluding hydrogens is 420 g/mol. The van der Waals surface area contributed by atoms with Crippen LogP contribution in [0.15, 0.2) is 48.5 Å². The van der Waals surface area contributed by atoms with Gasteiger partial charge in [-0.1, -0.05) is 24.3 Å². The van der Waals surface area contributed by atoms with Gasteiger partial charge in [0.1, 0.15) is 5.82 Å². The number of carbonyl (C=O) groups excluding carboxylic acids is 1. The van der Waals surface area contributed by atoms with Gasteiger partial charge in [-0.3, -0.25) is 24.7 Å². The monoisotopic (exact) mass is 443 g/mol. The van der Waals surface area contributed by atoms with Crippen molar-refractivity contribution >= 4 is 36.3 Å². The van der Waals surface area contributed by atoms with Crippen molar-refractivity contribution in [1.29, 1.82) is 0 Å². The zero-order valence-electron chi connectivity index (χ0n) is 15.8. The summed E-state index contributed by atoms with van der Waals surface area (Å²) in [5.41, 5.74) is 1.91. The van der Waals surface area contributed by atoms with Crippen LogP contribution in [0.2, 0.25) is 0 Å². The molecule has 1 heterocycles. The lowest BCUT2D eigenvalue weighted by atomic mass is 10.1. The SMILES string of the molecule is Cl.Cl.O=C(Cc1ccc([N+](=O)[O-])cc1)CN1CCN(Cc2ccc(F)cc2)CC1. The van der Waals surface area contributed by atoms with Crippen LogP contribution in [0.1, 0.15) is 11.1 Å². The molecule has 0 aliphatic carbocycles. The largest absolute Gasteiger partial charge is 0.298 e. The molecular formula is C20H24Cl2FN3O3. The Morgan fingerprint density at radius 3 is 1.97 bits per heavy atom. The first kappa shape index (κ1) is 25.0. The van der Waals surface area contributed by atoms with E-state index in [-0.39, 0.29) is 48.5 Å². The molecule has 2 aromatic rings. The van der Waals surface area contributed by atoms with Gasteiger partial charge in [0.2, 0.25) is 0 Å². The summed E-state index contributed by atoms with van der Waals surface area (Å²) in [7, 11) is 0. The van der Waals surface area contributed by atoms with Gasteiger partial charge in [-0.15, -0.1) is 24.8 Å². The van der Waals surface area contributed by atoms with Gasteiger partial charge in [-0.05, 0) is 23.3 Å². The van der Waals surface area contributed by atoms with Crippen molar-refractivity contribution in [2.24, 2.45) is 0 Å². The van der Waals surface area contributed by atoms with Gasteiger partial charge in [0.05, 0.1) is 11.5 Å². The second-order valence-corrected chi connectivity index (χ2v) is 6.82. The molecule has 0 bridgehead atoms. The average molecular weight is 444 g/mol. The number of hydrogen-bond donors (Lipinski definition) is 0. The number of non-ortho nitro benzene ring substituents is 1. The summed E-state index contributed by atoms with van der Waals surface area (Å²) >= 11 is 0. The lowest BCUT2D eigenvalue weighted by molar-refractivity contribution is -0.384. The third kappa shape index (κ3) is 7.70. The first-order valence-electron chi connectivity index (χ1n) is 8.94.